The van der Waals surface area contributed by atoms with Crippen LogP contribution in [0.15, 0.2) is 102 Å². The largest absolute Gasteiger partial charge is 0.459 e. The molecule has 11 heteroatoms. The van der Waals surface area contributed by atoms with Crippen LogP contribution in [0, 0.1) is 0 Å². The van der Waals surface area contributed by atoms with Gasteiger partial charge in [-0.15, -0.1) is 0 Å². The number of benzene rings is 4. The Kier molecular flexibility index (Phi) is 9.31. The summed E-state index contributed by atoms with van der Waals surface area (Å²) in [5.74, 6) is -0.633. The monoisotopic (exact) mass is 598 g/mol. The van der Waals surface area contributed by atoms with Crippen molar-refractivity contribution in [3.05, 3.63) is 118 Å². The van der Waals surface area contributed by atoms with Crippen molar-refractivity contribution in [1.82, 2.24) is 5.32 Å². The van der Waals surface area contributed by atoms with Gasteiger partial charge in [0.05, 0.1) is 15.6 Å². The number of carbonyl (C=O) groups excluding carboxylic acids is 2. The van der Waals surface area contributed by atoms with E-state index < -0.39 is 27.9 Å². The van der Waals surface area contributed by atoms with Gasteiger partial charge >= 0.3 is 5.97 Å². The molecule has 4 aromatic rings. The van der Waals surface area contributed by atoms with Gasteiger partial charge in [0.2, 0.25) is 0 Å². The average molecular weight is 599 g/mol. The summed E-state index contributed by atoms with van der Waals surface area (Å²) < 4.78 is 39.7. The van der Waals surface area contributed by atoms with Crippen LogP contribution < -0.4 is 14.8 Å². The van der Waals surface area contributed by atoms with Crippen LogP contribution in [-0.2, 0) is 26.2 Å². The normalized spacial score (nSPS) is 11.8. The molecule has 4 rings (SSSR count). The standard InChI is InChI=1S/C29H24Cl2N2O6S/c1-19(29(35)38-18-20-7-3-2-4-8-20)32-28(34)21-11-14-23(15-12-21)40(36,37)33-25-9-5-6-10-27(25)39-26-16-13-22(30)17-24(26)31/h2-17,19,33H,18H2,1H3,(H,32,34)/t19-/m0/s1. The topological polar surface area (TPSA) is 111 Å². The van der Waals surface area contributed by atoms with E-state index in [2.05, 4.69) is 10.0 Å². The molecule has 0 aliphatic carbocycles. The smallest absolute Gasteiger partial charge is 0.328 e. The highest BCUT2D eigenvalue weighted by atomic mass is 35.5. The summed E-state index contributed by atoms with van der Waals surface area (Å²) in [5, 5.41) is 3.25. The fraction of sp³-hybridized carbons (Fsp3) is 0.103. The first kappa shape index (κ1) is 28.9. The van der Waals surface area contributed by atoms with E-state index in [1.165, 1.54) is 43.3 Å². The van der Waals surface area contributed by atoms with E-state index in [4.69, 9.17) is 32.7 Å². The molecule has 0 unspecified atom stereocenters. The van der Waals surface area contributed by atoms with E-state index in [9.17, 15) is 18.0 Å². The van der Waals surface area contributed by atoms with E-state index >= 15 is 0 Å². The Morgan fingerprint density at radius 1 is 0.850 bits per heavy atom. The van der Waals surface area contributed by atoms with Crippen molar-refractivity contribution in [3.8, 4) is 11.5 Å². The molecule has 206 valence electrons. The Morgan fingerprint density at radius 2 is 1.52 bits per heavy atom. The van der Waals surface area contributed by atoms with Crippen LogP contribution in [0.1, 0.15) is 22.8 Å². The third-order valence-corrected chi connectivity index (χ3v) is 7.51. The van der Waals surface area contributed by atoms with Crippen molar-refractivity contribution >= 4 is 50.8 Å². The summed E-state index contributed by atoms with van der Waals surface area (Å²) >= 11 is 12.1. The molecule has 40 heavy (non-hydrogen) atoms. The number of hydrogen-bond acceptors (Lipinski definition) is 6. The fourth-order valence-corrected chi connectivity index (χ4v) is 5.02. The second-order valence-corrected chi connectivity index (χ2v) is 11.1. The maximum absolute atomic E-state index is 13.1. The molecule has 8 nitrogen and oxygen atoms in total. The van der Waals surface area contributed by atoms with Gasteiger partial charge in [-0.3, -0.25) is 9.52 Å². The van der Waals surface area contributed by atoms with Crippen LogP contribution in [0.25, 0.3) is 0 Å². The zero-order chi connectivity index (χ0) is 28.7. The van der Waals surface area contributed by atoms with Gasteiger partial charge in [0.15, 0.2) is 5.75 Å². The van der Waals surface area contributed by atoms with Crippen molar-refractivity contribution in [1.29, 1.82) is 0 Å². The number of rotatable bonds is 10. The first-order chi connectivity index (χ1) is 19.1. The molecule has 1 amide bonds. The first-order valence-electron chi connectivity index (χ1n) is 12.0. The lowest BCUT2D eigenvalue weighted by atomic mass is 10.2. The van der Waals surface area contributed by atoms with Crippen LogP contribution in [-0.4, -0.2) is 26.3 Å². The quantitative estimate of drug-likeness (QED) is 0.203. The number of halogens is 2. The number of nitrogens with one attached hydrogen (secondary N) is 2. The number of sulfonamides is 1. The molecule has 0 fully saturated rings. The molecule has 0 aliphatic heterocycles. The Labute approximate surface area is 241 Å². The molecular weight excluding hydrogens is 575 g/mol. The predicted molar refractivity (Wildman–Crippen MR) is 153 cm³/mol. The van der Waals surface area contributed by atoms with Gasteiger partial charge in [-0.25, -0.2) is 13.2 Å². The molecular formula is C29H24Cl2N2O6S. The van der Waals surface area contributed by atoms with E-state index in [1.807, 2.05) is 30.3 Å². The van der Waals surface area contributed by atoms with Crippen LogP contribution in [0.2, 0.25) is 10.0 Å². The third-order valence-electron chi connectivity index (χ3n) is 5.60. The number of anilines is 1. The third kappa shape index (κ3) is 7.53. The van der Waals surface area contributed by atoms with E-state index in [-0.39, 0.29) is 33.5 Å². The SMILES string of the molecule is C[C@H](NC(=O)c1ccc(S(=O)(=O)Nc2ccccc2Oc2ccc(Cl)cc2Cl)cc1)C(=O)OCc1ccccc1. The Balaban J connectivity index is 1.39. The van der Waals surface area contributed by atoms with Crippen molar-refractivity contribution < 1.29 is 27.5 Å². The van der Waals surface area contributed by atoms with E-state index in [0.29, 0.717) is 10.8 Å². The summed E-state index contributed by atoms with van der Waals surface area (Å²) in [6.07, 6.45) is 0. The number of para-hydroxylation sites is 2. The molecule has 2 N–H and O–H groups in total. The maximum atomic E-state index is 13.1. The van der Waals surface area contributed by atoms with Crippen molar-refractivity contribution in [2.45, 2.75) is 24.5 Å². The second-order valence-electron chi connectivity index (χ2n) is 8.59. The first-order valence-corrected chi connectivity index (χ1v) is 14.2. The minimum absolute atomic E-state index is 0.0837. The molecule has 0 heterocycles. The molecule has 0 spiro atoms. The van der Waals surface area contributed by atoms with Gasteiger partial charge in [-0.05, 0) is 67.1 Å². The summed E-state index contributed by atoms with van der Waals surface area (Å²) in [6, 6.07) is 24.7. The summed E-state index contributed by atoms with van der Waals surface area (Å²) in [4.78, 5) is 24.8. The number of esters is 1. The fourth-order valence-electron chi connectivity index (χ4n) is 3.50. The van der Waals surface area contributed by atoms with Gasteiger partial charge in [-0.1, -0.05) is 65.7 Å². The highest BCUT2D eigenvalue weighted by molar-refractivity contribution is 7.92. The number of carbonyl (C=O) groups is 2. The molecule has 4 aromatic carbocycles. The lowest BCUT2D eigenvalue weighted by Gasteiger charge is -2.15. The van der Waals surface area contributed by atoms with Crippen molar-refractivity contribution in [2.24, 2.45) is 0 Å². The second kappa shape index (κ2) is 12.9. The van der Waals surface area contributed by atoms with E-state index in [0.717, 1.165) is 5.56 Å². The maximum Gasteiger partial charge on any atom is 0.328 e. The molecule has 0 aromatic heterocycles. The highest BCUT2D eigenvalue weighted by Crippen LogP contribution is 2.35. The minimum Gasteiger partial charge on any atom is -0.459 e. The summed E-state index contributed by atoms with van der Waals surface area (Å²) in [6.45, 7) is 1.59. The Morgan fingerprint density at radius 3 is 2.23 bits per heavy atom. The number of ether oxygens (including phenoxy) is 2. The predicted octanol–water partition coefficient (Wildman–Crippen LogP) is 6.45. The zero-order valence-electron chi connectivity index (χ0n) is 21.1. The van der Waals surface area contributed by atoms with Crippen LogP contribution >= 0.6 is 23.2 Å². The minimum atomic E-state index is -4.05. The summed E-state index contributed by atoms with van der Waals surface area (Å²) in [7, 11) is -4.05. The lowest BCUT2D eigenvalue weighted by molar-refractivity contribution is -0.146. The van der Waals surface area contributed by atoms with Crippen LogP contribution in [0.4, 0.5) is 5.69 Å². The lowest BCUT2D eigenvalue weighted by Crippen LogP contribution is -2.39. The van der Waals surface area contributed by atoms with Gasteiger partial charge in [0.1, 0.15) is 18.4 Å². The molecule has 0 saturated heterocycles. The summed E-state index contributed by atoms with van der Waals surface area (Å²) in [5.41, 5.74) is 1.17. The van der Waals surface area contributed by atoms with Gasteiger partial charge in [-0.2, -0.15) is 0 Å². The van der Waals surface area contributed by atoms with Gasteiger partial charge in [0, 0.05) is 10.6 Å². The van der Waals surface area contributed by atoms with Gasteiger partial charge in [0.25, 0.3) is 15.9 Å². The van der Waals surface area contributed by atoms with E-state index in [1.54, 1.807) is 30.3 Å². The van der Waals surface area contributed by atoms with Crippen LogP contribution in [0.5, 0.6) is 11.5 Å². The highest BCUT2D eigenvalue weighted by Gasteiger charge is 2.21. The van der Waals surface area contributed by atoms with Crippen LogP contribution in [0.3, 0.4) is 0 Å². The number of amides is 1. The van der Waals surface area contributed by atoms with Gasteiger partial charge < -0.3 is 14.8 Å². The average Bonchev–Trinajstić information content (AvgIpc) is 2.94. The molecule has 0 saturated carbocycles. The molecule has 0 aliphatic rings. The molecule has 1 atom stereocenters. The Bertz CT molecular complexity index is 1610. The number of hydrogen-bond donors (Lipinski definition) is 2. The molecule has 0 radical (unpaired) electrons. The zero-order valence-corrected chi connectivity index (χ0v) is 23.5. The van der Waals surface area contributed by atoms with Crippen molar-refractivity contribution in [3.63, 3.8) is 0 Å². The van der Waals surface area contributed by atoms with Crippen molar-refractivity contribution in [2.75, 3.05) is 4.72 Å². The molecule has 0 bridgehead atoms. The Hall–Kier alpha value is -4.05.